The van der Waals surface area contributed by atoms with Gasteiger partial charge >= 0.3 is 11.3 Å². The molecular weight excluding hydrogens is 256 g/mol. The van der Waals surface area contributed by atoms with Crippen LogP contribution in [0.5, 0.6) is 0 Å². The highest BCUT2D eigenvalue weighted by molar-refractivity contribution is 6.31. The van der Waals surface area contributed by atoms with E-state index in [-0.39, 0.29) is 4.73 Å². The first-order valence-electron chi connectivity index (χ1n) is 3.38. The summed E-state index contributed by atoms with van der Waals surface area (Å²) in [5.41, 5.74) is -2.27. The van der Waals surface area contributed by atoms with Crippen LogP contribution in [0.3, 0.4) is 0 Å². The number of alkyl halides is 3. The van der Waals surface area contributed by atoms with Gasteiger partial charge in [-0.15, -0.1) is 4.73 Å². The quantitative estimate of drug-likeness (QED) is 0.407. The second-order valence-electron chi connectivity index (χ2n) is 2.45. The molecule has 15 heavy (non-hydrogen) atoms. The van der Waals surface area contributed by atoms with Gasteiger partial charge in [-0.25, -0.2) is 0 Å². The van der Waals surface area contributed by atoms with E-state index in [1.54, 1.807) is 0 Å². The number of pyridine rings is 1. The van der Waals surface area contributed by atoms with E-state index >= 15 is 0 Å². The molecule has 0 saturated carbocycles. The fraction of sp³-hybridized carbons (Fsp3) is 0.143. The van der Waals surface area contributed by atoms with Crippen LogP contribution in [0.4, 0.5) is 13.2 Å². The van der Waals surface area contributed by atoms with E-state index < -0.39 is 27.6 Å². The Kier molecular flexibility index (Phi) is 2.98. The van der Waals surface area contributed by atoms with Crippen LogP contribution in [0, 0.1) is 16.5 Å². The van der Waals surface area contributed by atoms with Gasteiger partial charge in [0, 0.05) is 6.07 Å². The molecule has 1 aromatic heterocycles. The first-order chi connectivity index (χ1) is 6.79. The average molecular weight is 257 g/mol. The topological polar surface area (TPSA) is 50.7 Å². The van der Waals surface area contributed by atoms with E-state index in [4.69, 9.17) is 28.5 Å². The molecule has 0 atom stereocenters. The lowest BCUT2D eigenvalue weighted by molar-refractivity contribution is -0.601. The Balaban J connectivity index is 3.62. The third kappa shape index (κ3) is 2.08. The van der Waals surface area contributed by atoms with Crippen molar-refractivity contribution in [3.8, 4) is 6.07 Å². The van der Waals surface area contributed by atoms with E-state index in [1.807, 2.05) is 0 Å². The largest absolute Gasteiger partial charge is 0.617 e. The van der Waals surface area contributed by atoms with E-state index in [0.717, 1.165) is 0 Å². The molecule has 0 aromatic carbocycles. The number of hydrogen-bond acceptors (Lipinski definition) is 2. The number of rotatable bonds is 0. The van der Waals surface area contributed by atoms with Gasteiger partial charge in [-0.1, -0.05) is 0 Å². The van der Waals surface area contributed by atoms with Crippen LogP contribution >= 0.6 is 23.2 Å². The number of nitriles is 1. The zero-order valence-electron chi connectivity index (χ0n) is 6.77. The van der Waals surface area contributed by atoms with Crippen molar-refractivity contribution in [2.75, 3.05) is 0 Å². The van der Waals surface area contributed by atoms with Crippen molar-refractivity contribution < 1.29 is 17.9 Å². The molecule has 0 saturated heterocycles. The molecule has 0 fully saturated rings. The summed E-state index contributed by atoms with van der Waals surface area (Å²) in [6.45, 7) is 0. The fourth-order valence-electron chi connectivity index (χ4n) is 0.886. The Morgan fingerprint density at radius 1 is 1.40 bits per heavy atom. The maximum atomic E-state index is 12.3. The van der Waals surface area contributed by atoms with Crippen LogP contribution in [-0.2, 0) is 6.18 Å². The molecule has 3 nitrogen and oxygen atoms in total. The molecule has 1 heterocycles. The smallest absolute Gasteiger partial charge is 0.418 e. The lowest BCUT2D eigenvalue weighted by Gasteiger charge is -2.10. The molecule has 0 aliphatic heterocycles. The molecule has 0 N–H and O–H groups in total. The SMILES string of the molecule is N#Cc1c(C(F)(F)F)cc(Cl)[n+]([O-])c1Cl. The minimum atomic E-state index is -4.79. The van der Waals surface area contributed by atoms with Gasteiger partial charge in [-0.2, -0.15) is 18.4 Å². The van der Waals surface area contributed by atoms with Crippen molar-refractivity contribution in [1.82, 2.24) is 0 Å². The van der Waals surface area contributed by atoms with Crippen molar-refractivity contribution in [3.05, 3.63) is 32.7 Å². The zero-order chi connectivity index (χ0) is 11.8. The van der Waals surface area contributed by atoms with Crippen LogP contribution in [0.1, 0.15) is 11.1 Å². The van der Waals surface area contributed by atoms with Gasteiger partial charge in [-0.05, 0) is 23.2 Å². The molecule has 1 rings (SSSR count). The molecule has 0 aliphatic rings. The highest BCUT2D eigenvalue weighted by Gasteiger charge is 2.38. The van der Waals surface area contributed by atoms with Crippen LogP contribution in [0.2, 0.25) is 10.3 Å². The van der Waals surface area contributed by atoms with Crippen molar-refractivity contribution in [1.29, 1.82) is 5.26 Å². The van der Waals surface area contributed by atoms with Crippen LogP contribution in [0.25, 0.3) is 0 Å². The Bertz CT molecular complexity index is 453. The van der Waals surface area contributed by atoms with Crippen LogP contribution in [0.15, 0.2) is 6.07 Å². The summed E-state index contributed by atoms with van der Waals surface area (Å²) in [6.07, 6.45) is -4.79. The van der Waals surface area contributed by atoms with E-state index in [0.29, 0.717) is 6.07 Å². The monoisotopic (exact) mass is 256 g/mol. The van der Waals surface area contributed by atoms with Crippen molar-refractivity contribution in [2.45, 2.75) is 6.18 Å². The fourth-order valence-corrected chi connectivity index (χ4v) is 1.36. The number of hydrogen-bond donors (Lipinski definition) is 0. The lowest BCUT2D eigenvalue weighted by atomic mass is 10.1. The van der Waals surface area contributed by atoms with Crippen molar-refractivity contribution in [2.24, 2.45) is 0 Å². The molecular formula is C7HCl2F3N2O. The summed E-state index contributed by atoms with van der Waals surface area (Å²) >= 11 is 10.5. The third-order valence-corrected chi connectivity index (χ3v) is 2.13. The summed E-state index contributed by atoms with van der Waals surface area (Å²) in [7, 11) is 0. The Morgan fingerprint density at radius 2 is 1.93 bits per heavy atom. The first kappa shape index (κ1) is 11.9. The third-order valence-electron chi connectivity index (χ3n) is 1.53. The van der Waals surface area contributed by atoms with Gasteiger partial charge in [0.1, 0.15) is 6.07 Å². The van der Waals surface area contributed by atoms with Crippen LogP contribution < -0.4 is 4.73 Å². The van der Waals surface area contributed by atoms with Gasteiger partial charge in [0.25, 0.3) is 5.15 Å². The molecule has 0 unspecified atom stereocenters. The van der Waals surface area contributed by atoms with Gasteiger partial charge in [-0.3, -0.25) is 0 Å². The van der Waals surface area contributed by atoms with Crippen LogP contribution in [-0.4, -0.2) is 0 Å². The molecule has 0 bridgehead atoms. The van der Waals surface area contributed by atoms with Gasteiger partial charge < -0.3 is 5.21 Å². The second-order valence-corrected chi connectivity index (χ2v) is 3.20. The van der Waals surface area contributed by atoms with Crippen molar-refractivity contribution >= 4 is 23.2 Å². The Morgan fingerprint density at radius 3 is 2.33 bits per heavy atom. The number of aromatic nitrogens is 1. The standard InChI is InChI=1S/C7HCl2F3N2O/c8-5-1-4(7(10,11)12)3(2-13)6(9)14(5)15/h1H. The molecule has 0 spiro atoms. The van der Waals surface area contributed by atoms with E-state index in [2.05, 4.69) is 0 Å². The highest BCUT2D eigenvalue weighted by Crippen LogP contribution is 2.34. The molecule has 0 amide bonds. The molecule has 8 heteroatoms. The Hall–Kier alpha value is -1.19. The maximum absolute atomic E-state index is 12.3. The van der Waals surface area contributed by atoms with Gasteiger partial charge in [0.05, 0.1) is 5.56 Å². The minimum Gasteiger partial charge on any atom is -0.617 e. The molecule has 1 aromatic rings. The maximum Gasteiger partial charge on any atom is 0.418 e. The summed E-state index contributed by atoms with van der Waals surface area (Å²) in [6, 6.07) is 1.57. The number of halogens is 5. The van der Waals surface area contributed by atoms with Crippen molar-refractivity contribution in [3.63, 3.8) is 0 Å². The van der Waals surface area contributed by atoms with Gasteiger partial charge in [0.2, 0.25) is 0 Å². The summed E-state index contributed by atoms with van der Waals surface area (Å²) < 4.78 is 36.9. The molecule has 0 radical (unpaired) electrons. The average Bonchev–Trinajstić information content (AvgIpc) is 2.12. The zero-order valence-corrected chi connectivity index (χ0v) is 8.28. The van der Waals surface area contributed by atoms with E-state index in [1.165, 1.54) is 6.07 Å². The normalized spacial score (nSPS) is 11.2. The highest BCUT2D eigenvalue weighted by atomic mass is 35.5. The minimum absolute atomic E-state index is 0.156. The summed E-state index contributed by atoms with van der Waals surface area (Å²) in [5.74, 6) is 0. The first-order valence-corrected chi connectivity index (χ1v) is 4.13. The summed E-state index contributed by atoms with van der Waals surface area (Å²) in [4.78, 5) is 0. The molecule has 80 valence electrons. The Labute approximate surface area is 91.8 Å². The predicted molar refractivity (Wildman–Crippen MR) is 45.1 cm³/mol. The van der Waals surface area contributed by atoms with E-state index in [9.17, 15) is 18.4 Å². The molecule has 0 aliphatic carbocycles. The van der Waals surface area contributed by atoms with Gasteiger partial charge in [0.15, 0.2) is 5.56 Å². The lowest BCUT2D eigenvalue weighted by Crippen LogP contribution is -2.31. The number of nitrogens with zero attached hydrogens (tertiary/aromatic N) is 2. The second kappa shape index (κ2) is 3.76. The summed E-state index contributed by atoms with van der Waals surface area (Å²) in [5, 5.41) is 17.8. The predicted octanol–water partition coefficient (Wildman–Crippen LogP) is 2.52.